The van der Waals surface area contributed by atoms with Crippen LogP contribution in [0.5, 0.6) is 10.9 Å². The van der Waals surface area contributed by atoms with Gasteiger partial charge in [-0.3, -0.25) is 0 Å². The molecular weight excluding hydrogens is 265 g/mol. The number of benzene rings is 1. The number of halogens is 2. The second-order valence-corrected chi connectivity index (χ2v) is 4.77. The molecule has 17 heavy (non-hydrogen) atoms. The zero-order valence-electron chi connectivity index (χ0n) is 8.91. The zero-order valence-corrected chi connectivity index (χ0v) is 10.5. The summed E-state index contributed by atoms with van der Waals surface area (Å²) >= 11 is 6.93. The second kappa shape index (κ2) is 5.00. The van der Waals surface area contributed by atoms with Gasteiger partial charge in [0.2, 0.25) is 0 Å². The lowest BCUT2D eigenvalue weighted by Crippen LogP contribution is -1.87. The Morgan fingerprint density at radius 3 is 2.88 bits per heavy atom. The van der Waals surface area contributed by atoms with E-state index < -0.39 is 0 Å². The fourth-order valence-corrected chi connectivity index (χ4v) is 2.25. The highest BCUT2D eigenvalue weighted by atomic mass is 35.5. The molecule has 0 unspecified atom stereocenters. The van der Waals surface area contributed by atoms with Crippen molar-refractivity contribution < 1.29 is 14.2 Å². The first-order valence-corrected chi connectivity index (χ1v) is 5.99. The van der Waals surface area contributed by atoms with Crippen LogP contribution in [0.2, 0.25) is 5.15 Å². The van der Waals surface area contributed by atoms with Gasteiger partial charge in [-0.1, -0.05) is 22.9 Å². The van der Waals surface area contributed by atoms with Gasteiger partial charge in [-0.15, -0.1) is 0 Å². The van der Waals surface area contributed by atoms with Gasteiger partial charge in [-0.25, -0.2) is 4.39 Å². The van der Waals surface area contributed by atoms with Crippen LogP contribution < -0.4 is 4.74 Å². The standard InChI is InChI=1S/C11H9ClFNO2S/c1-6-4-7(13)2-3-8(6)16-11-14-10(12)9(5-15)17-11/h2-4,15H,5H2,1H3. The van der Waals surface area contributed by atoms with Gasteiger partial charge in [0, 0.05) is 0 Å². The van der Waals surface area contributed by atoms with Crippen LogP contribution in [0.1, 0.15) is 10.4 Å². The molecule has 1 N–H and O–H groups in total. The molecule has 0 saturated carbocycles. The van der Waals surface area contributed by atoms with Crippen LogP contribution in [0, 0.1) is 12.7 Å². The van der Waals surface area contributed by atoms with E-state index in [1.807, 2.05) is 0 Å². The summed E-state index contributed by atoms with van der Waals surface area (Å²) in [5.41, 5.74) is 0.668. The van der Waals surface area contributed by atoms with E-state index >= 15 is 0 Å². The molecule has 3 nitrogen and oxygen atoms in total. The number of hydrogen-bond acceptors (Lipinski definition) is 4. The SMILES string of the molecule is Cc1cc(F)ccc1Oc1nc(Cl)c(CO)s1. The van der Waals surface area contributed by atoms with Crippen LogP contribution in [-0.2, 0) is 6.61 Å². The molecule has 0 amide bonds. The fourth-order valence-electron chi connectivity index (χ4n) is 1.28. The minimum Gasteiger partial charge on any atom is -0.431 e. The first kappa shape index (κ1) is 12.3. The van der Waals surface area contributed by atoms with E-state index in [1.54, 1.807) is 6.92 Å². The quantitative estimate of drug-likeness (QED) is 0.930. The maximum atomic E-state index is 12.9. The maximum absolute atomic E-state index is 12.9. The predicted molar refractivity (Wildman–Crippen MR) is 64.3 cm³/mol. The van der Waals surface area contributed by atoms with E-state index in [2.05, 4.69) is 4.98 Å². The number of ether oxygens (including phenoxy) is 1. The summed E-state index contributed by atoms with van der Waals surface area (Å²) < 4.78 is 18.4. The number of thiazole rings is 1. The van der Waals surface area contributed by atoms with Crippen LogP contribution in [0.15, 0.2) is 18.2 Å². The summed E-state index contributed by atoms with van der Waals surface area (Å²) in [5, 5.41) is 9.53. The molecule has 1 aromatic heterocycles. The van der Waals surface area contributed by atoms with Gasteiger partial charge in [-0.05, 0) is 30.7 Å². The van der Waals surface area contributed by atoms with Crippen molar-refractivity contribution in [1.29, 1.82) is 0 Å². The Labute approximate surface area is 106 Å². The molecule has 0 aliphatic carbocycles. The van der Waals surface area contributed by atoms with Gasteiger partial charge in [0.15, 0.2) is 0 Å². The van der Waals surface area contributed by atoms with Crippen LogP contribution in [0.4, 0.5) is 4.39 Å². The lowest BCUT2D eigenvalue weighted by atomic mass is 10.2. The minimum absolute atomic E-state index is 0.178. The summed E-state index contributed by atoms with van der Waals surface area (Å²) in [5.74, 6) is 0.198. The average Bonchev–Trinajstić information content (AvgIpc) is 2.63. The number of aromatic nitrogens is 1. The topological polar surface area (TPSA) is 42.4 Å². The third kappa shape index (κ3) is 2.74. The molecule has 0 saturated heterocycles. The molecule has 0 radical (unpaired) electrons. The van der Waals surface area contributed by atoms with Crippen molar-refractivity contribution in [3.63, 3.8) is 0 Å². The van der Waals surface area contributed by atoms with E-state index in [0.717, 1.165) is 11.3 Å². The summed E-state index contributed by atoms with van der Waals surface area (Å²) in [6, 6.07) is 4.21. The molecule has 0 aliphatic rings. The average molecular weight is 274 g/mol. The van der Waals surface area contributed by atoms with Crippen molar-refractivity contribution in [2.75, 3.05) is 0 Å². The summed E-state index contributed by atoms with van der Waals surface area (Å²) in [7, 11) is 0. The molecule has 0 fully saturated rings. The summed E-state index contributed by atoms with van der Waals surface area (Å²) in [6.45, 7) is 1.56. The molecule has 0 bridgehead atoms. The number of hydrogen-bond donors (Lipinski definition) is 1. The van der Waals surface area contributed by atoms with Crippen LogP contribution in [-0.4, -0.2) is 10.1 Å². The van der Waals surface area contributed by atoms with E-state index in [4.69, 9.17) is 21.4 Å². The highest BCUT2D eigenvalue weighted by Gasteiger charge is 2.11. The Morgan fingerprint density at radius 2 is 2.29 bits per heavy atom. The van der Waals surface area contributed by atoms with Crippen molar-refractivity contribution >= 4 is 22.9 Å². The third-order valence-corrected chi connectivity index (χ3v) is 3.45. The van der Waals surface area contributed by atoms with Crippen molar-refractivity contribution in [3.05, 3.63) is 39.6 Å². The summed E-state index contributed by atoms with van der Waals surface area (Å²) in [6.07, 6.45) is 0. The highest BCUT2D eigenvalue weighted by Crippen LogP contribution is 2.33. The molecule has 6 heteroatoms. The predicted octanol–water partition coefficient (Wildman–Crippen LogP) is 3.53. The Kier molecular flexibility index (Phi) is 3.61. The van der Waals surface area contributed by atoms with Crippen molar-refractivity contribution in [1.82, 2.24) is 4.98 Å². The Morgan fingerprint density at radius 1 is 1.53 bits per heavy atom. The normalized spacial score (nSPS) is 10.6. The van der Waals surface area contributed by atoms with Gasteiger partial charge in [0.05, 0.1) is 11.5 Å². The van der Waals surface area contributed by atoms with Crippen molar-refractivity contribution in [3.8, 4) is 10.9 Å². The lowest BCUT2D eigenvalue weighted by Gasteiger charge is -2.04. The number of aryl methyl sites for hydroxylation is 1. The largest absolute Gasteiger partial charge is 0.431 e. The Hall–Kier alpha value is -1.17. The molecule has 90 valence electrons. The van der Waals surface area contributed by atoms with E-state index in [-0.39, 0.29) is 17.6 Å². The van der Waals surface area contributed by atoms with Crippen LogP contribution >= 0.6 is 22.9 Å². The van der Waals surface area contributed by atoms with Crippen molar-refractivity contribution in [2.24, 2.45) is 0 Å². The molecule has 1 aromatic carbocycles. The lowest BCUT2D eigenvalue weighted by molar-refractivity contribution is 0.285. The van der Waals surface area contributed by atoms with Gasteiger partial charge in [0.25, 0.3) is 5.19 Å². The Balaban J connectivity index is 2.25. The number of nitrogens with zero attached hydrogens (tertiary/aromatic N) is 1. The molecule has 2 aromatic rings. The van der Waals surface area contributed by atoms with Crippen molar-refractivity contribution in [2.45, 2.75) is 13.5 Å². The second-order valence-electron chi connectivity index (χ2n) is 3.36. The molecule has 0 aliphatic heterocycles. The minimum atomic E-state index is -0.317. The van der Waals surface area contributed by atoms with E-state index in [1.165, 1.54) is 18.2 Å². The smallest absolute Gasteiger partial charge is 0.280 e. The third-order valence-electron chi connectivity index (χ3n) is 2.11. The maximum Gasteiger partial charge on any atom is 0.280 e. The molecule has 2 rings (SSSR count). The zero-order chi connectivity index (χ0) is 12.4. The van der Waals surface area contributed by atoms with Crippen LogP contribution in [0.3, 0.4) is 0 Å². The molecule has 0 spiro atoms. The van der Waals surface area contributed by atoms with Gasteiger partial charge < -0.3 is 9.84 Å². The van der Waals surface area contributed by atoms with E-state index in [9.17, 15) is 4.39 Å². The van der Waals surface area contributed by atoms with Gasteiger partial charge in [0.1, 0.15) is 16.7 Å². The Bertz CT molecular complexity index is 544. The summed E-state index contributed by atoms with van der Waals surface area (Å²) in [4.78, 5) is 4.49. The monoisotopic (exact) mass is 273 g/mol. The first-order chi connectivity index (χ1) is 8.10. The fraction of sp³-hybridized carbons (Fsp3) is 0.182. The molecular formula is C11H9ClFNO2S. The van der Waals surface area contributed by atoms with Gasteiger partial charge >= 0.3 is 0 Å². The number of aliphatic hydroxyl groups excluding tert-OH is 1. The highest BCUT2D eigenvalue weighted by molar-refractivity contribution is 7.13. The van der Waals surface area contributed by atoms with Gasteiger partial charge in [-0.2, -0.15) is 4.98 Å². The van der Waals surface area contributed by atoms with Crippen LogP contribution in [0.25, 0.3) is 0 Å². The number of aliphatic hydroxyl groups is 1. The molecule has 0 atom stereocenters. The van der Waals surface area contributed by atoms with E-state index in [0.29, 0.717) is 21.4 Å². The molecule has 1 heterocycles. The first-order valence-electron chi connectivity index (χ1n) is 4.80. The number of rotatable bonds is 3.